The van der Waals surface area contributed by atoms with E-state index < -0.39 is 0 Å². The highest BCUT2D eigenvalue weighted by Crippen LogP contribution is 2.29. The lowest BCUT2D eigenvalue weighted by molar-refractivity contribution is 0.425. The highest BCUT2D eigenvalue weighted by Gasteiger charge is 2.26. The molecule has 0 aromatic carbocycles. The molecule has 118 valence electrons. The number of anilines is 1. The molecule has 1 fully saturated rings. The van der Waals surface area contributed by atoms with Crippen molar-refractivity contribution in [2.24, 2.45) is 5.92 Å². The summed E-state index contributed by atoms with van der Waals surface area (Å²) in [6, 6.07) is 4.60. The largest absolute Gasteiger partial charge is 0.354 e. The maximum Gasteiger partial charge on any atom is 0.258 e. The Morgan fingerprint density at radius 2 is 2.27 bits per heavy atom. The van der Waals surface area contributed by atoms with Crippen molar-refractivity contribution in [1.82, 2.24) is 15.1 Å². The highest BCUT2D eigenvalue weighted by molar-refractivity contribution is 5.59. The molecule has 0 bridgehead atoms. The molecule has 1 aliphatic heterocycles. The summed E-state index contributed by atoms with van der Waals surface area (Å²) in [6.45, 7) is 7.49. The third-order valence-electron chi connectivity index (χ3n) is 4.27. The molecule has 22 heavy (non-hydrogen) atoms. The molecule has 5 heteroatoms. The Kier molecular flexibility index (Phi) is 4.41. The van der Waals surface area contributed by atoms with Gasteiger partial charge in [-0.3, -0.25) is 0 Å². The second-order valence-electron chi connectivity index (χ2n) is 6.51. The number of hydrogen-bond donors (Lipinski definition) is 0. The van der Waals surface area contributed by atoms with Crippen molar-refractivity contribution < 1.29 is 4.52 Å². The molecule has 5 nitrogen and oxygen atoms in total. The van der Waals surface area contributed by atoms with Crippen LogP contribution in [0, 0.1) is 12.8 Å². The van der Waals surface area contributed by atoms with Gasteiger partial charge in [0.15, 0.2) is 5.82 Å². The van der Waals surface area contributed by atoms with E-state index >= 15 is 0 Å². The smallest absolute Gasteiger partial charge is 0.258 e. The van der Waals surface area contributed by atoms with Crippen LogP contribution in [-0.2, 0) is 0 Å². The zero-order chi connectivity index (χ0) is 15.5. The van der Waals surface area contributed by atoms with Gasteiger partial charge in [-0.2, -0.15) is 4.98 Å². The van der Waals surface area contributed by atoms with Crippen molar-refractivity contribution in [2.45, 2.75) is 52.5 Å². The Morgan fingerprint density at radius 1 is 1.41 bits per heavy atom. The minimum absolute atomic E-state index is 0.569. The van der Waals surface area contributed by atoms with Crippen LogP contribution in [0.4, 0.5) is 5.82 Å². The van der Waals surface area contributed by atoms with Crippen LogP contribution < -0.4 is 4.90 Å². The van der Waals surface area contributed by atoms with E-state index in [4.69, 9.17) is 4.52 Å². The molecular weight excluding hydrogens is 276 g/mol. The van der Waals surface area contributed by atoms with E-state index in [2.05, 4.69) is 39.9 Å². The summed E-state index contributed by atoms with van der Waals surface area (Å²) in [5, 5.41) is 3.86. The Balaban J connectivity index is 1.79. The zero-order valence-corrected chi connectivity index (χ0v) is 13.6. The molecule has 1 unspecified atom stereocenters. The first-order valence-corrected chi connectivity index (χ1v) is 8.17. The van der Waals surface area contributed by atoms with Crippen LogP contribution >= 0.6 is 0 Å². The van der Waals surface area contributed by atoms with Crippen LogP contribution in [0.2, 0.25) is 0 Å². The molecule has 0 aliphatic carbocycles. The monoisotopic (exact) mass is 300 g/mol. The Hall–Kier alpha value is -1.91. The molecule has 0 radical (unpaired) electrons. The summed E-state index contributed by atoms with van der Waals surface area (Å²) >= 11 is 0. The SMILES string of the molecule is Cc1noc(-c2ccnc(N3CCCC3CCC(C)C)c2)n1. The molecular formula is C17H24N4O. The number of hydrogen-bond acceptors (Lipinski definition) is 5. The molecule has 1 aliphatic rings. The Morgan fingerprint density at radius 3 is 3.00 bits per heavy atom. The van der Waals surface area contributed by atoms with Gasteiger partial charge in [0.1, 0.15) is 5.82 Å². The van der Waals surface area contributed by atoms with E-state index in [1.165, 1.54) is 25.7 Å². The second-order valence-corrected chi connectivity index (χ2v) is 6.51. The van der Waals surface area contributed by atoms with Gasteiger partial charge in [0.05, 0.1) is 0 Å². The van der Waals surface area contributed by atoms with E-state index in [1.54, 1.807) is 0 Å². The van der Waals surface area contributed by atoms with Gasteiger partial charge >= 0.3 is 0 Å². The Bertz CT molecular complexity index is 623. The van der Waals surface area contributed by atoms with Gasteiger partial charge in [-0.15, -0.1) is 0 Å². The lowest BCUT2D eigenvalue weighted by atomic mass is 10.0. The van der Waals surface area contributed by atoms with Crippen molar-refractivity contribution in [2.75, 3.05) is 11.4 Å². The van der Waals surface area contributed by atoms with E-state index in [0.717, 1.165) is 23.8 Å². The summed E-state index contributed by atoms with van der Waals surface area (Å²) in [5.74, 6) is 3.01. The molecule has 0 saturated carbocycles. The van der Waals surface area contributed by atoms with Crippen LogP contribution in [-0.4, -0.2) is 27.7 Å². The standard InChI is InChI=1S/C17H24N4O/c1-12(2)6-7-15-5-4-10-21(15)16-11-14(8-9-18-16)17-19-13(3)20-22-17/h8-9,11-12,15H,4-7,10H2,1-3H3. The molecule has 1 saturated heterocycles. The molecule has 2 aromatic rings. The van der Waals surface area contributed by atoms with Gasteiger partial charge in [0.25, 0.3) is 5.89 Å². The third kappa shape index (κ3) is 3.29. The average Bonchev–Trinajstić information content (AvgIpc) is 3.14. The summed E-state index contributed by atoms with van der Waals surface area (Å²) in [7, 11) is 0. The normalized spacial score (nSPS) is 18.4. The first kappa shape index (κ1) is 15.0. The number of rotatable bonds is 5. The van der Waals surface area contributed by atoms with Crippen LogP contribution in [0.3, 0.4) is 0 Å². The van der Waals surface area contributed by atoms with Gasteiger partial charge in [-0.05, 0) is 50.7 Å². The van der Waals surface area contributed by atoms with Crippen LogP contribution in [0.25, 0.3) is 11.5 Å². The quantitative estimate of drug-likeness (QED) is 0.839. The van der Waals surface area contributed by atoms with E-state index in [1.807, 2.05) is 19.2 Å². The molecule has 0 amide bonds. The fraction of sp³-hybridized carbons (Fsp3) is 0.588. The van der Waals surface area contributed by atoms with Gasteiger partial charge in [-0.25, -0.2) is 4.98 Å². The summed E-state index contributed by atoms with van der Waals surface area (Å²) in [4.78, 5) is 11.3. The van der Waals surface area contributed by atoms with Crippen molar-refractivity contribution in [1.29, 1.82) is 0 Å². The van der Waals surface area contributed by atoms with Crippen molar-refractivity contribution in [3.63, 3.8) is 0 Å². The third-order valence-corrected chi connectivity index (χ3v) is 4.27. The number of aromatic nitrogens is 3. The first-order valence-electron chi connectivity index (χ1n) is 8.17. The molecule has 0 spiro atoms. The van der Waals surface area contributed by atoms with Gasteiger partial charge in [0.2, 0.25) is 0 Å². The molecule has 3 heterocycles. The maximum absolute atomic E-state index is 5.27. The van der Waals surface area contributed by atoms with Crippen molar-refractivity contribution in [3.05, 3.63) is 24.2 Å². The lowest BCUT2D eigenvalue weighted by Crippen LogP contribution is -2.30. The molecule has 3 rings (SSSR count). The van der Waals surface area contributed by atoms with Crippen LogP contribution in [0.1, 0.15) is 45.4 Å². The van der Waals surface area contributed by atoms with E-state index in [0.29, 0.717) is 17.8 Å². The van der Waals surface area contributed by atoms with Gasteiger partial charge in [0, 0.05) is 24.3 Å². The topological polar surface area (TPSA) is 55.1 Å². The van der Waals surface area contributed by atoms with E-state index in [9.17, 15) is 0 Å². The number of nitrogens with zero attached hydrogens (tertiary/aromatic N) is 4. The second kappa shape index (κ2) is 6.46. The summed E-state index contributed by atoms with van der Waals surface area (Å²) in [6.07, 6.45) is 6.85. The van der Waals surface area contributed by atoms with Crippen LogP contribution in [0.5, 0.6) is 0 Å². The molecule has 0 N–H and O–H groups in total. The maximum atomic E-state index is 5.27. The average molecular weight is 300 g/mol. The molecule has 2 aromatic heterocycles. The fourth-order valence-electron chi connectivity index (χ4n) is 3.09. The zero-order valence-electron chi connectivity index (χ0n) is 13.6. The van der Waals surface area contributed by atoms with E-state index in [-0.39, 0.29) is 0 Å². The minimum atomic E-state index is 0.569. The van der Waals surface area contributed by atoms with Gasteiger partial charge < -0.3 is 9.42 Å². The minimum Gasteiger partial charge on any atom is -0.354 e. The number of aryl methyl sites for hydroxylation is 1. The van der Waals surface area contributed by atoms with Gasteiger partial charge in [-0.1, -0.05) is 19.0 Å². The van der Waals surface area contributed by atoms with Crippen molar-refractivity contribution >= 4 is 5.82 Å². The number of pyridine rings is 1. The molecule has 1 atom stereocenters. The van der Waals surface area contributed by atoms with Crippen molar-refractivity contribution in [3.8, 4) is 11.5 Å². The Labute approximate surface area is 131 Å². The summed E-state index contributed by atoms with van der Waals surface area (Å²) < 4.78 is 5.27. The fourth-order valence-corrected chi connectivity index (χ4v) is 3.09. The highest BCUT2D eigenvalue weighted by atomic mass is 16.5. The predicted octanol–water partition coefficient (Wildman–Crippen LogP) is 3.85. The summed E-state index contributed by atoms with van der Waals surface area (Å²) in [5.41, 5.74) is 0.945. The first-order chi connectivity index (χ1) is 10.6. The lowest BCUT2D eigenvalue weighted by Gasteiger charge is -2.26. The van der Waals surface area contributed by atoms with Crippen LogP contribution in [0.15, 0.2) is 22.9 Å². The predicted molar refractivity (Wildman–Crippen MR) is 86.7 cm³/mol.